The molecule has 0 saturated carbocycles. The molecule has 0 bridgehead atoms. The molecule has 154 valence electrons. The van der Waals surface area contributed by atoms with Crippen LogP contribution in [0.1, 0.15) is 55.3 Å². The van der Waals surface area contributed by atoms with Gasteiger partial charge in [0, 0.05) is 43.2 Å². The van der Waals surface area contributed by atoms with Gasteiger partial charge >= 0.3 is 0 Å². The van der Waals surface area contributed by atoms with Crippen LogP contribution in [0.2, 0.25) is 0 Å². The molecule has 2 aromatic rings. The maximum Gasteiger partial charge on any atom is 0.260 e. The van der Waals surface area contributed by atoms with E-state index in [2.05, 4.69) is 10.4 Å². The highest BCUT2D eigenvalue weighted by Crippen LogP contribution is 2.39. The van der Waals surface area contributed by atoms with Crippen LogP contribution in [0, 0.1) is 6.92 Å². The first-order valence-corrected chi connectivity index (χ1v) is 10.4. The number of fused-ring (bicyclic) bond motifs is 1. The van der Waals surface area contributed by atoms with E-state index in [1.165, 1.54) is 6.42 Å². The summed E-state index contributed by atoms with van der Waals surface area (Å²) in [4.78, 5) is 26.3. The van der Waals surface area contributed by atoms with Crippen LogP contribution in [0.3, 0.4) is 0 Å². The van der Waals surface area contributed by atoms with Gasteiger partial charge in [-0.05, 0) is 50.8 Å². The number of carbonyl (C=O) groups excluding carboxylic acids is 2. The van der Waals surface area contributed by atoms with Crippen LogP contribution in [0.25, 0.3) is 0 Å². The third-order valence-electron chi connectivity index (χ3n) is 5.90. The van der Waals surface area contributed by atoms with E-state index >= 15 is 0 Å². The van der Waals surface area contributed by atoms with Crippen molar-refractivity contribution in [1.29, 1.82) is 0 Å². The highest BCUT2D eigenvalue weighted by atomic mass is 16.5. The molecule has 7 nitrogen and oxygen atoms in total. The Kier molecular flexibility index (Phi) is 5.56. The number of nitrogens with zero attached hydrogens (tertiary/aromatic N) is 3. The summed E-state index contributed by atoms with van der Waals surface area (Å²) in [5.41, 5.74) is 3.22. The monoisotopic (exact) mass is 396 g/mol. The SMILES string of the molecule is CCn1nc2c(c1C)C(c1ccc(OCC(=O)N3CCCCC3)cc1)CC(=O)N2. The van der Waals surface area contributed by atoms with Gasteiger partial charge in [0.1, 0.15) is 5.75 Å². The highest BCUT2D eigenvalue weighted by Gasteiger charge is 2.31. The molecule has 1 atom stereocenters. The number of hydrogen-bond acceptors (Lipinski definition) is 4. The zero-order valence-corrected chi connectivity index (χ0v) is 17.1. The Hall–Kier alpha value is -2.83. The van der Waals surface area contributed by atoms with Crippen molar-refractivity contribution < 1.29 is 14.3 Å². The predicted octanol–water partition coefficient (Wildman–Crippen LogP) is 3.08. The summed E-state index contributed by atoms with van der Waals surface area (Å²) in [5, 5.41) is 7.42. The molecule has 4 rings (SSSR count). The van der Waals surface area contributed by atoms with E-state index in [-0.39, 0.29) is 24.3 Å². The van der Waals surface area contributed by atoms with Crippen molar-refractivity contribution >= 4 is 17.6 Å². The average Bonchev–Trinajstić information content (AvgIpc) is 3.07. The lowest BCUT2D eigenvalue weighted by molar-refractivity contribution is -0.134. The zero-order chi connectivity index (χ0) is 20.4. The summed E-state index contributed by atoms with van der Waals surface area (Å²) < 4.78 is 7.64. The molecule has 0 radical (unpaired) electrons. The number of benzene rings is 1. The minimum atomic E-state index is -0.0249. The smallest absolute Gasteiger partial charge is 0.260 e. The number of amides is 2. The molecule has 1 aromatic heterocycles. The Morgan fingerprint density at radius 3 is 2.62 bits per heavy atom. The number of aryl methyl sites for hydroxylation is 1. The van der Waals surface area contributed by atoms with E-state index in [0.29, 0.717) is 18.0 Å². The van der Waals surface area contributed by atoms with Crippen molar-refractivity contribution in [2.75, 3.05) is 25.0 Å². The minimum absolute atomic E-state index is 0.0179. The van der Waals surface area contributed by atoms with E-state index < -0.39 is 0 Å². The van der Waals surface area contributed by atoms with Crippen LogP contribution in [0.15, 0.2) is 24.3 Å². The fraction of sp³-hybridized carbons (Fsp3) is 0.500. The van der Waals surface area contributed by atoms with E-state index in [1.807, 2.05) is 47.7 Å². The molecule has 1 N–H and O–H groups in total. The molecular formula is C22H28N4O3. The van der Waals surface area contributed by atoms with Crippen LogP contribution in [-0.2, 0) is 16.1 Å². The topological polar surface area (TPSA) is 76.5 Å². The van der Waals surface area contributed by atoms with E-state index in [4.69, 9.17) is 4.74 Å². The van der Waals surface area contributed by atoms with Gasteiger partial charge in [-0.15, -0.1) is 0 Å². The van der Waals surface area contributed by atoms with Gasteiger partial charge in [-0.1, -0.05) is 12.1 Å². The van der Waals surface area contributed by atoms with Crippen LogP contribution in [0.5, 0.6) is 5.75 Å². The van der Waals surface area contributed by atoms with Gasteiger partial charge < -0.3 is 15.0 Å². The average molecular weight is 396 g/mol. The number of ether oxygens (including phenoxy) is 1. The molecule has 2 aliphatic heterocycles. The van der Waals surface area contributed by atoms with Crippen molar-refractivity contribution in [3.8, 4) is 5.75 Å². The van der Waals surface area contributed by atoms with Crippen LogP contribution in [-0.4, -0.2) is 46.2 Å². The molecule has 1 aromatic carbocycles. The molecule has 29 heavy (non-hydrogen) atoms. The second-order valence-corrected chi connectivity index (χ2v) is 7.77. The molecule has 1 fully saturated rings. The molecule has 0 aliphatic carbocycles. The van der Waals surface area contributed by atoms with Crippen LogP contribution in [0.4, 0.5) is 5.82 Å². The summed E-state index contributed by atoms with van der Waals surface area (Å²) in [6, 6.07) is 7.72. The molecule has 1 unspecified atom stereocenters. The Balaban J connectivity index is 1.46. The predicted molar refractivity (Wildman–Crippen MR) is 110 cm³/mol. The van der Waals surface area contributed by atoms with E-state index in [0.717, 1.165) is 49.3 Å². The first kappa shape index (κ1) is 19.5. The third kappa shape index (κ3) is 3.99. The van der Waals surface area contributed by atoms with Gasteiger partial charge in [-0.2, -0.15) is 5.10 Å². The first-order valence-electron chi connectivity index (χ1n) is 10.4. The number of rotatable bonds is 5. The van der Waals surface area contributed by atoms with Gasteiger partial charge in [0.2, 0.25) is 5.91 Å². The Morgan fingerprint density at radius 1 is 1.21 bits per heavy atom. The standard InChI is InChI=1S/C22H28N4O3/c1-3-26-15(2)21-18(13-19(27)23-22(21)24-26)16-7-9-17(10-8-16)29-14-20(28)25-11-5-4-6-12-25/h7-10,18H,3-6,11-14H2,1-2H3,(H,23,24,27). The van der Waals surface area contributed by atoms with Gasteiger partial charge in [0.05, 0.1) is 0 Å². The number of anilines is 1. The van der Waals surface area contributed by atoms with Crippen molar-refractivity contribution in [3.63, 3.8) is 0 Å². The van der Waals surface area contributed by atoms with Crippen molar-refractivity contribution in [1.82, 2.24) is 14.7 Å². The summed E-state index contributed by atoms with van der Waals surface area (Å²) in [6.07, 6.45) is 3.75. The molecule has 0 spiro atoms. The number of nitrogens with one attached hydrogen (secondary N) is 1. The number of aromatic nitrogens is 2. The Bertz CT molecular complexity index is 898. The zero-order valence-electron chi connectivity index (χ0n) is 17.1. The molecular weight excluding hydrogens is 368 g/mol. The molecule has 2 amide bonds. The maximum absolute atomic E-state index is 12.3. The largest absolute Gasteiger partial charge is 0.484 e. The lowest BCUT2D eigenvalue weighted by Crippen LogP contribution is -2.38. The van der Waals surface area contributed by atoms with Crippen molar-refractivity contribution in [2.45, 2.75) is 52.0 Å². The van der Waals surface area contributed by atoms with E-state index in [1.54, 1.807) is 0 Å². The lowest BCUT2D eigenvalue weighted by atomic mass is 9.86. The normalized spacial score (nSPS) is 18.9. The summed E-state index contributed by atoms with van der Waals surface area (Å²) in [6.45, 7) is 6.58. The van der Waals surface area contributed by atoms with Gasteiger partial charge in [0.25, 0.3) is 5.91 Å². The third-order valence-corrected chi connectivity index (χ3v) is 5.90. The minimum Gasteiger partial charge on any atom is -0.484 e. The van der Waals surface area contributed by atoms with Gasteiger partial charge in [0.15, 0.2) is 12.4 Å². The molecule has 7 heteroatoms. The second kappa shape index (κ2) is 8.27. The highest BCUT2D eigenvalue weighted by molar-refractivity contribution is 5.94. The summed E-state index contributed by atoms with van der Waals surface area (Å²) in [5.74, 6) is 1.34. The second-order valence-electron chi connectivity index (χ2n) is 7.77. The number of hydrogen-bond donors (Lipinski definition) is 1. The molecule has 1 saturated heterocycles. The van der Waals surface area contributed by atoms with Gasteiger partial charge in [-0.25, -0.2) is 0 Å². The number of carbonyl (C=O) groups is 2. The Morgan fingerprint density at radius 2 is 1.93 bits per heavy atom. The molecule has 3 heterocycles. The number of likely N-dealkylation sites (tertiary alicyclic amines) is 1. The number of piperidine rings is 1. The first-order chi connectivity index (χ1) is 14.1. The van der Waals surface area contributed by atoms with Gasteiger partial charge in [-0.3, -0.25) is 14.3 Å². The van der Waals surface area contributed by atoms with E-state index in [9.17, 15) is 9.59 Å². The lowest BCUT2D eigenvalue weighted by Gasteiger charge is -2.26. The summed E-state index contributed by atoms with van der Waals surface area (Å²) in [7, 11) is 0. The van der Waals surface area contributed by atoms with Crippen molar-refractivity contribution in [3.05, 3.63) is 41.1 Å². The molecule has 2 aliphatic rings. The Labute approximate surface area is 171 Å². The quantitative estimate of drug-likeness (QED) is 0.843. The maximum atomic E-state index is 12.3. The fourth-order valence-electron chi connectivity index (χ4n) is 4.31. The fourth-order valence-corrected chi connectivity index (χ4v) is 4.31. The van der Waals surface area contributed by atoms with Crippen LogP contribution >= 0.6 is 0 Å². The summed E-state index contributed by atoms with van der Waals surface area (Å²) >= 11 is 0. The van der Waals surface area contributed by atoms with Crippen LogP contribution < -0.4 is 10.1 Å². The van der Waals surface area contributed by atoms with Crippen molar-refractivity contribution in [2.24, 2.45) is 0 Å².